The van der Waals surface area contributed by atoms with Crippen molar-refractivity contribution in [3.8, 4) is 5.75 Å². The molecule has 0 bridgehead atoms. The van der Waals surface area contributed by atoms with E-state index in [9.17, 15) is 4.79 Å². The van der Waals surface area contributed by atoms with Gasteiger partial charge in [-0.15, -0.1) is 0 Å². The third kappa shape index (κ3) is 4.02. The number of para-hydroxylation sites is 2. The van der Waals surface area contributed by atoms with Crippen molar-refractivity contribution >= 4 is 40.5 Å². The lowest BCUT2D eigenvalue weighted by atomic mass is 10.1. The maximum Gasteiger partial charge on any atom is 0.259 e. The van der Waals surface area contributed by atoms with Gasteiger partial charge in [-0.1, -0.05) is 35.3 Å². The molecule has 132 valence electrons. The van der Waals surface area contributed by atoms with E-state index in [1.54, 1.807) is 12.1 Å². The molecule has 1 fully saturated rings. The molecular weight excluding hydrogens is 359 g/mol. The highest BCUT2D eigenvalue weighted by molar-refractivity contribution is 6.36. The molecule has 6 heteroatoms. The molecule has 0 unspecified atom stereocenters. The Morgan fingerprint density at radius 2 is 1.84 bits per heavy atom. The zero-order valence-electron chi connectivity index (χ0n) is 14.0. The summed E-state index contributed by atoms with van der Waals surface area (Å²) < 4.78 is 5.27. The second kappa shape index (κ2) is 7.98. The maximum absolute atomic E-state index is 12.8. The summed E-state index contributed by atoms with van der Waals surface area (Å²) in [5.41, 5.74) is 2.11. The molecule has 0 saturated carbocycles. The van der Waals surface area contributed by atoms with Crippen LogP contribution in [0.4, 0.5) is 11.4 Å². The van der Waals surface area contributed by atoms with E-state index >= 15 is 0 Å². The first-order chi connectivity index (χ1) is 12.1. The quantitative estimate of drug-likeness (QED) is 0.790. The van der Waals surface area contributed by atoms with Gasteiger partial charge in [0, 0.05) is 18.1 Å². The summed E-state index contributed by atoms with van der Waals surface area (Å²) in [7, 11) is 1.48. The molecule has 0 aliphatic carbocycles. The van der Waals surface area contributed by atoms with E-state index < -0.39 is 0 Å². The van der Waals surface area contributed by atoms with Gasteiger partial charge in [0.2, 0.25) is 0 Å². The second-order valence-corrected chi connectivity index (χ2v) is 6.83. The number of nitrogens with zero attached hydrogens (tertiary/aromatic N) is 1. The van der Waals surface area contributed by atoms with Crippen LogP contribution in [0.25, 0.3) is 0 Å². The van der Waals surface area contributed by atoms with Gasteiger partial charge in [0.1, 0.15) is 5.75 Å². The molecule has 1 aliphatic rings. The normalized spacial score (nSPS) is 14.3. The SMILES string of the molecule is COc1c(Cl)cc(Cl)cc1C(=O)Nc1ccccc1N1CCCCC1. The van der Waals surface area contributed by atoms with Crippen LogP contribution in [-0.2, 0) is 0 Å². The van der Waals surface area contributed by atoms with Crippen molar-refractivity contribution in [2.24, 2.45) is 0 Å². The van der Waals surface area contributed by atoms with Crippen LogP contribution in [0.1, 0.15) is 29.6 Å². The Bertz CT molecular complexity index is 774. The number of benzene rings is 2. The van der Waals surface area contributed by atoms with Gasteiger partial charge in [0.05, 0.1) is 29.1 Å². The van der Waals surface area contributed by atoms with Crippen molar-refractivity contribution in [3.63, 3.8) is 0 Å². The number of carbonyl (C=O) groups excluding carboxylic acids is 1. The molecule has 0 radical (unpaired) electrons. The van der Waals surface area contributed by atoms with E-state index in [1.807, 2.05) is 24.3 Å². The van der Waals surface area contributed by atoms with E-state index in [0.29, 0.717) is 21.4 Å². The predicted octanol–water partition coefficient (Wildman–Crippen LogP) is 5.24. The Balaban J connectivity index is 1.89. The lowest BCUT2D eigenvalue weighted by Crippen LogP contribution is -2.30. The molecule has 25 heavy (non-hydrogen) atoms. The first-order valence-electron chi connectivity index (χ1n) is 8.28. The van der Waals surface area contributed by atoms with Crippen LogP contribution in [0, 0.1) is 0 Å². The number of hydrogen-bond donors (Lipinski definition) is 1. The van der Waals surface area contributed by atoms with Crippen molar-refractivity contribution in [2.75, 3.05) is 30.4 Å². The summed E-state index contributed by atoms with van der Waals surface area (Å²) in [6.45, 7) is 2.00. The summed E-state index contributed by atoms with van der Waals surface area (Å²) in [4.78, 5) is 15.1. The molecule has 1 aliphatic heterocycles. The van der Waals surface area contributed by atoms with Crippen molar-refractivity contribution in [2.45, 2.75) is 19.3 Å². The molecule has 0 aromatic heterocycles. The monoisotopic (exact) mass is 378 g/mol. The first-order valence-corrected chi connectivity index (χ1v) is 9.04. The van der Waals surface area contributed by atoms with Crippen LogP contribution in [0.3, 0.4) is 0 Å². The maximum atomic E-state index is 12.8. The Hall–Kier alpha value is -1.91. The number of carbonyl (C=O) groups is 1. The molecule has 4 nitrogen and oxygen atoms in total. The highest BCUT2D eigenvalue weighted by Crippen LogP contribution is 2.34. The number of anilines is 2. The van der Waals surface area contributed by atoms with Crippen molar-refractivity contribution in [1.29, 1.82) is 0 Å². The molecular formula is C19H20Cl2N2O2. The number of amides is 1. The van der Waals surface area contributed by atoms with E-state index in [4.69, 9.17) is 27.9 Å². The van der Waals surface area contributed by atoms with Gasteiger partial charge in [-0.2, -0.15) is 0 Å². The summed E-state index contributed by atoms with van der Waals surface area (Å²) in [6.07, 6.45) is 3.59. The number of piperidine rings is 1. The fourth-order valence-electron chi connectivity index (χ4n) is 3.12. The molecule has 3 rings (SSSR count). The third-order valence-corrected chi connectivity index (χ3v) is 4.81. The number of halogens is 2. The summed E-state index contributed by atoms with van der Waals surface area (Å²) >= 11 is 12.2. The minimum atomic E-state index is -0.300. The van der Waals surface area contributed by atoms with E-state index in [-0.39, 0.29) is 5.91 Å². The molecule has 1 saturated heterocycles. The zero-order chi connectivity index (χ0) is 17.8. The number of nitrogens with one attached hydrogen (secondary N) is 1. The average Bonchev–Trinajstić information content (AvgIpc) is 2.62. The van der Waals surface area contributed by atoms with Crippen LogP contribution >= 0.6 is 23.2 Å². The van der Waals surface area contributed by atoms with Crippen molar-refractivity contribution in [3.05, 3.63) is 52.0 Å². The molecule has 1 N–H and O–H groups in total. The molecule has 1 heterocycles. The van der Waals surface area contributed by atoms with Gasteiger partial charge >= 0.3 is 0 Å². The van der Waals surface area contributed by atoms with Gasteiger partial charge in [0.15, 0.2) is 0 Å². The van der Waals surface area contributed by atoms with Crippen LogP contribution in [0.15, 0.2) is 36.4 Å². The highest BCUT2D eigenvalue weighted by atomic mass is 35.5. The number of hydrogen-bond acceptors (Lipinski definition) is 3. The summed E-state index contributed by atoms with van der Waals surface area (Å²) in [5.74, 6) is 0.0183. The topological polar surface area (TPSA) is 41.6 Å². The minimum Gasteiger partial charge on any atom is -0.494 e. The molecule has 2 aromatic rings. The summed E-state index contributed by atoms with van der Waals surface area (Å²) in [6, 6.07) is 10.9. The summed E-state index contributed by atoms with van der Waals surface area (Å²) in [5, 5.41) is 3.67. The standard InChI is InChI=1S/C19H20Cl2N2O2/c1-25-18-14(11-13(20)12-15(18)21)19(24)22-16-7-3-4-8-17(16)23-9-5-2-6-10-23/h3-4,7-8,11-12H,2,5-6,9-10H2,1H3,(H,22,24). The Labute approximate surface area is 157 Å². The average molecular weight is 379 g/mol. The fraction of sp³-hybridized carbons (Fsp3) is 0.316. The Kier molecular flexibility index (Phi) is 5.71. The highest BCUT2D eigenvalue weighted by Gasteiger charge is 2.20. The Morgan fingerprint density at radius 3 is 2.56 bits per heavy atom. The van der Waals surface area contributed by atoms with Crippen LogP contribution in [0.5, 0.6) is 5.75 Å². The van der Waals surface area contributed by atoms with Crippen molar-refractivity contribution in [1.82, 2.24) is 0 Å². The van der Waals surface area contributed by atoms with Gasteiger partial charge in [-0.25, -0.2) is 0 Å². The van der Waals surface area contributed by atoms with Crippen LogP contribution in [0.2, 0.25) is 10.0 Å². The molecule has 0 atom stereocenters. The first kappa shape index (κ1) is 17.9. The lowest BCUT2D eigenvalue weighted by Gasteiger charge is -2.30. The minimum absolute atomic E-state index is 0.300. The van der Waals surface area contributed by atoms with Gasteiger partial charge in [-0.05, 0) is 43.5 Å². The van der Waals surface area contributed by atoms with Crippen molar-refractivity contribution < 1.29 is 9.53 Å². The number of rotatable bonds is 4. The van der Waals surface area contributed by atoms with Gasteiger partial charge < -0.3 is 15.0 Å². The van der Waals surface area contributed by atoms with E-state index in [1.165, 1.54) is 26.4 Å². The van der Waals surface area contributed by atoms with E-state index in [0.717, 1.165) is 24.5 Å². The van der Waals surface area contributed by atoms with Crippen LogP contribution < -0.4 is 15.0 Å². The third-order valence-electron chi connectivity index (χ3n) is 4.31. The molecule has 2 aromatic carbocycles. The van der Waals surface area contributed by atoms with Gasteiger partial charge in [0.25, 0.3) is 5.91 Å². The zero-order valence-corrected chi connectivity index (χ0v) is 15.5. The molecule has 1 amide bonds. The number of methoxy groups -OCH3 is 1. The van der Waals surface area contributed by atoms with Crippen LogP contribution in [-0.4, -0.2) is 26.1 Å². The second-order valence-electron chi connectivity index (χ2n) is 5.99. The van der Waals surface area contributed by atoms with Gasteiger partial charge in [-0.3, -0.25) is 4.79 Å². The lowest BCUT2D eigenvalue weighted by molar-refractivity contribution is 0.102. The Morgan fingerprint density at radius 1 is 1.12 bits per heavy atom. The van der Waals surface area contributed by atoms with E-state index in [2.05, 4.69) is 10.2 Å². The predicted molar refractivity (Wildman–Crippen MR) is 103 cm³/mol. The fourth-order valence-corrected chi connectivity index (χ4v) is 3.69. The largest absolute Gasteiger partial charge is 0.494 e. The molecule has 0 spiro atoms. The number of ether oxygens (including phenoxy) is 1. The smallest absolute Gasteiger partial charge is 0.259 e.